The van der Waals surface area contributed by atoms with Crippen LogP contribution in [0, 0.1) is 29.6 Å². The fraction of sp³-hybridized carbons (Fsp3) is 0.714. The molecule has 1 aromatic rings. The number of hydrogen-bond donors (Lipinski definition) is 2. The molecule has 17 heavy (non-hydrogen) atoms. The maximum Gasteiger partial charge on any atom is 0.0292 e. The summed E-state index contributed by atoms with van der Waals surface area (Å²) in [7, 11) is 0. The number of nitrogens with two attached hydrogens (primary N) is 1. The Kier molecular flexibility index (Phi) is 2.36. The molecule has 0 radical (unpaired) electrons. The Balaban J connectivity index is 1.48. The second-order valence-electron chi connectivity index (χ2n) is 6.12. The standard InChI is InChI=1S/C14H20N2S/c15-16-11(7-10-2-1-5-17-10)14-12-8-3-4-9(6-8)13(12)14/h1-2,5,8-9,11-14,16H,3-4,6-7,15H2. The van der Waals surface area contributed by atoms with E-state index < -0.39 is 0 Å². The van der Waals surface area contributed by atoms with Crippen LogP contribution in [0.4, 0.5) is 0 Å². The Morgan fingerprint density at radius 3 is 2.71 bits per heavy atom. The molecular weight excluding hydrogens is 228 g/mol. The van der Waals surface area contributed by atoms with E-state index in [4.69, 9.17) is 5.84 Å². The summed E-state index contributed by atoms with van der Waals surface area (Å²) in [5.74, 6) is 10.8. The molecule has 1 aromatic heterocycles. The van der Waals surface area contributed by atoms with E-state index in [-0.39, 0.29) is 0 Å². The van der Waals surface area contributed by atoms with Crippen molar-refractivity contribution in [2.45, 2.75) is 31.7 Å². The van der Waals surface area contributed by atoms with Gasteiger partial charge in [-0.25, -0.2) is 0 Å². The quantitative estimate of drug-likeness (QED) is 0.634. The summed E-state index contributed by atoms with van der Waals surface area (Å²) >= 11 is 1.86. The van der Waals surface area contributed by atoms with Crippen molar-refractivity contribution in [3.8, 4) is 0 Å². The van der Waals surface area contributed by atoms with E-state index in [1.165, 1.54) is 24.1 Å². The third-order valence-corrected chi connectivity index (χ3v) is 6.37. The number of hydrogen-bond acceptors (Lipinski definition) is 3. The minimum atomic E-state index is 0.520. The van der Waals surface area contributed by atoms with Gasteiger partial charge in [-0.05, 0) is 66.7 Å². The third kappa shape index (κ3) is 1.52. The number of hydrazine groups is 1. The summed E-state index contributed by atoms with van der Waals surface area (Å²) in [5.41, 5.74) is 3.11. The van der Waals surface area contributed by atoms with Crippen molar-refractivity contribution >= 4 is 11.3 Å². The van der Waals surface area contributed by atoms with Gasteiger partial charge in [0.15, 0.2) is 0 Å². The molecule has 4 rings (SSSR count). The zero-order valence-electron chi connectivity index (χ0n) is 10.0. The largest absolute Gasteiger partial charge is 0.271 e. The summed E-state index contributed by atoms with van der Waals surface area (Å²) in [6.45, 7) is 0. The lowest BCUT2D eigenvalue weighted by Gasteiger charge is -2.19. The van der Waals surface area contributed by atoms with Crippen LogP contribution < -0.4 is 11.3 Å². The van der Waals surface area contributed by atoms with Gasteiger partial charge >= 0.3 is 0 Å². The van der Waals surface area contributed by atoms with E-state index >= 15 is 0 Å². The fourth-order valence-electron chi connectivity index (χ4n) is 4.88. The summed E-state index contributed by atoms with van der Waals surface area (Å²) in [4.78, 5) is 1.48. The van der Waals surface area contributed by atoms with Gasteiger partial charge in [-0.2, -0.15) is 0 Å². The second kappa shape index (κ2) is 3.81. The molecule has 3 fully saturated rings. The molecule has 0 spiro atoms. The maximum absolute atomic E-state index is 5.80. The molecular formula is C14H20N2S. The van der Waals surface area contributed by atoms with Crippen molar-refractivity contribution in [1.82, 2.24) is 5.43 Å². The summed E-state index contributed by atoms with van der Waals surface area (Å²) in [6, 6.07) is 4.90. The van der Waals surface area contributed by atoms with Gasteiger partial charge in [0.05, 0.1) is 0 Å². The molecule has 5 unspecified atom stereocenters. The van der Waals surface area contributed by atoms with Gasteiger partial charge in [0, 0.05) is 10.9 Å². The molecule has 3 N–H and O–H groups in total. The average Bonchev–Trinajstić information content (AvgIpc) is 2.82. The van der Waals surface area contributed by atoms with Crippen LogP contribution in [0.2, 0.25) is 0 Å². The van der Waals surface area contributed by atoms with E-state index in [2.05, 4.69) is 22.9 Å². The van der Waals surface area contributed by atoms with Crippen LogP contribution in [-0.2, 0) is 6.42 Å². The number of nitrogens with one attached hydrogen (secondary N) is 1. The van der Waals surface area contributed by atoms with Gasteiger partial charge in [0.2, 0.25) is 0 Å². The lowest BCUT2D eigenvalue weighted by atomic mass is 9.95. The van der Waals surface area contributed by atoms with Gasteiger partial charge < -0.3 is 0 Å². The van der Waals surface area contributed by atoms with Crippen molar-refractivity contribution in [1.29, 1.82) is 0 Å². The van der Waals surface area contributed by atoms with Gasteiger partial charge in [0.1, 0.15) is 0 Å². The first kappa shape index (κ1) is 10.5. The molecule has 0 amide bonds. The van der Waals surface area contributed by atoms with Crippen LogP contribution in [0.25, 0.3) is 0 Å². The first-order valence-corrected chi connectivity index (χ1v) is 7.75. The first-order valence-electron chi connectivity index (χ1n) is 6.87. The summed E-state index contributed by atoms with van der Waals surface area (Å²) < 4.78 is 0. The fourth-order valence-corrected chi connectivity index (χ4v) is 5.65. The zero-order valence-corrected chi connectivity index (χ0v) is 10.8. The highest BCUT2D eigenvalue weighted by molar-refractivity contribution is 7.09. The maximum atomic E-state index is 5.80. The van der Waals surface area contributed by atoms with Crippen molar-refractivity contribution in [3.05, 3.63) is 22.4 Å². The molecule has 3 saturated carbocycles. The smallest absolute Gasteiger partial charge is 0.0292 e. The van der Waals surface area contributed by atoms with Crippen LogP contribution in [0.1, 0.15) is 24.1 Å². The van der Waals surface area contributed by atoms with Crippen LogP contribution >= 0.6 is 11.3 Å². The second-order valence-corrected chi connectivity index (χ2v) is 7.15. The summed E-state index contributed by atoms with van der Waals surface area (Å²) in [6.07, 6.45) is 5.66. The minimum Gasteiger partial charge on any atom is -0.271 e. The molecule has 2 nitrogen and oxygen atoms in total. The Bertz CT molecular complexity index is 386. The topological polar surface area (TPSA) is 38.0 Å². The van der Waals surface area contributed by atoms with Crippen molar-refractivity contribution < 1.29 is 0 Å². The Hall–Kier alpha value is -0.380. The number of fused-ring (bicyclic) bond motifs is 5. The van der Waals surface area contributed by atoms with Gasteiger partial charge in [-0.3, -0.25) is 11.3 Å². The van der Waals surface area contributed by atoms with E-state index in [1.807, 2.05) is 11.3 Å². The van der Waals surface area contributed by atoms with Gasteiger partial charge in [0.25, 0.3) is 0 Å². The van der Waals surface area contributed by atoms with Gasteiger partial charge in [-0.15, -0.1) is 11.3 Å². The molecule has 1 heterocycles. The molecule has 0 aromatic carbocycles. The molecule has 92 valence electrons. The van der Waals surface area contributed by atoms with Crippen LogP contribution in [-0.4, -0.2) is 6.04 Å². The molecule has 0 aliphatic heterocycles. The minimum absolute atomic E-state index is 0.520. The summed E-state index contributed by atoms with van der Waals surface area (Å²) in [5, 5.41) is 2.17. The first-order chi connectivity index (χ1) is 8.38. The van der Waals surface area contributed by atoms with Crippen LogP contribution in [0.3, 0.4) is 0 Å². The molecule has 5 atom stereocenters. The highest BCUT2D eigenvalue weighted by atomic mass is 32.1. The Morgan fingerprint density at radius 1 is 1.35 bits per heavy atom. The molecule has 3 aliphatic rings. The number of thiophene rings is 1. The Labute approximate surface area is 107 Å². The van der Waals surface area contributed by atoms with Crippen molar-refractivity contribution in [2.24, 2.45) is 35.4 Å². The molecule has 0 saturated heterocycles. The predicted octanol–water partition coefficient (Wildman–Crippen LogP) is 2.41. The van der Waals surface area contributed by atoms with E-state index in [0.29, 0.717) is 6.04 Å². The highest BCUT2D eigenvalue weighted by Gasteiger charge is 2.66. The van der Waals surface area contributed by atoms with E-state index in [0.717, 1.165) is 36.0 Å². The van der Waals surface area contributed by atoms with E-state index in [9.17, 15) is 0 Å². The normalized spacial score (nSPS) is 43.7. The predicted molar refractivity (Wildman–Crippen MR) is 70.4 cm³/mol. The monoisotopic (exact) mass is 248 g/mol. The van der Waals surface area contributed by atoms with Crippen LogP contribution in [0.5, 0.6) is 0 Å². The average molecular weight is 248 g/mol. The van der Waals surface area contributed by atoms with Crippen molar-refractivity contribution in [3.63, 3.8) is 0 Å². The lowest BCUT2D eigenvalue weighted by Crippen LogP contribution is -2.40. The number of rotatable bonds is 4. The third-order valence-electron chi connectivity index (χ3n) is 5.47. The van der Waals surface area contributed by atoms with Crippen molar-refractivity contribution in [2.75, 3.05) is 0 Å². The zero-order chi connectivity index (χ0) is 11.4. The van der Waals surface area contributed by atoms with Crippen LogP contribution in [0.15, 0.2) is 17.5 Å². The lowest BCUT2D eigenvalue weighted by molar-refractivity contribution is 0.366. The van der Waals surface area contributed by atoms with E-state index in [1.54, 1.807) is 0 Å². The molecule has 2 bridgehead atoms. The SMILES string of the molecule is NNC(Cc1cccs1)C1C2C3CCC(C3)C21. The molecule has 3 heteroatoms. The molecule has 3 aliphatic carbocycles. The highest BCUT2D eigenvalue weighted by Crippen LogP contribution is 2.70. The Morgan fingerprint density at radius 2 is 2.12 bits per heavy atom. The van der Waals surface area contributed by atoms with Gasteiger partial charge in [-0.1, -0.05) is 6.07 Å².